The Balaban J connectivity index is 1.22. The van der Waals surface area contributed by atoms with Crippen LogP contribution in [-0.4, -0.2) is 295 Å². The number of hydrogen-bond donors (Lipinski definition) is 10. The van der Waals surface area contributed by atoms with Crippen molar-refractivity contribution in [1.29, 1.82) is 0 Å². The summed E-state index contributed by atoms with van der Waals surface area (Å²) in [6.07, 6.45) is -2.28. The molecular formula is C60H74N14O22. The van der Waals surface area contributed by atoms with E-state index in [-0.39, 0.29) is 23.9 Å². The van der Waals surface area contributed by atoms with Gasteiger partial charge in [-0.05, 0) is 76.2 Å². The van der Waals surface area contributed by atoms with Crippen LogP contribution < -0.4 is 30.7 Å². The molecule has 1 fully saturated rings. The number of aromatic hydroxyl groups is 2. The maximum Gasteiger partial charge on any atom is 0.331 e. The highest BCUT2D eigenvalue weighted by molar-refractivity contribution is 6.03. The average Bonchev–Trinajstić information content (AvgIpc) is 0.822. The number of nitrogens with one attached hydrogen (secondary N) is 4. The van der Waals surface area contributed by atoms with Crippen molar-refractivity contribution in [3.05, 3.63) is 59.9 Å². The number of aliphatic hydroxyl groups excluding tert-OH is 2. The van der Waals surface area contributed by atoms with Crippen LogP contribution in [0.1, 0.15) is 61.5 Å². The molecule has 0 spiro atoms. The van der Waals surface area contributed by atoms with Gasteiger partial charge in [-0.15, -0.1) is 0 Å². The van der Waals surface area contributed by atoms with Gasteiger partial charge in [0.15, 0.2) is 35.6 Å². The van der Waals surface area contributed by atoms with Gasteiger partial charge in [0, 0.05) is 64.2 Å². The van der Waals surface area contributed by atoms with Crippen LogP contribution in [0, 0.1) is 0 Å². The molecule has 0 aliphatic carbocycles. The molecule has 2 aromatic carbocycles. The fourth-order valence-corrected chi connectivity index (χ4v) is 10.4. The van der Waals surface area contributed by atoms with Gasteiger partial charge in [-0.25, -0.2) is 29.6 Å². The van der Waals surface area contributed by atoms with E-state index < -0.39 is 193 Å². The summed E-state index contributed by atoms with van der Waals surface area (Å²) >= 11 is 0. The Bertz CT molecular complexity index is 3560. The molecule has 516 valence electrons. The van der Waals surface area contributed by atoms with Gasteiger partial charge < -0.3 is 90.5 Å². The summed E-state index contributed by atoms with van der Waals surface area (Å²) in [4.78, 5) is 181. The van der Waals surface area contributed by atoms with Crippen LogP contribution in [0.4, 0.5) is 0 Å². The highest BCUT2D eigenvalue weighted by Gasteiger charge is 2.47. The summed E-state index contributed by atoms with van der Waals surface area (Å²) in [5.41, 5.74) is -5.44. The molecule has 0 unspecified atom stereocenters. The van der Waals surface area contributed by atoms with Gasteiger partial charge in [0.05, 0.1) is 74.8 Å². The third-order valence-electron chi connectivity index (χ3n) is 15.5. The van der Waals surface area contributed by atoms with Gasteiger partial charge in [0.25, 0.3) is 23.6 Å². The van der Waals surface area contributed by atoms with Gasteiger partial charge in [0.1, 0.15) is 48.3 Å². The fourth-order valence-electron chi connectivity index (χ4n) is 10.4. The number of esters is 2. The van der Waals surface area contributed by atoms with Crippen molar-refractivity contribution < 1.29 is 107 Å². The minimum absolute atomic E-state index is 0.155. The highest BCUT2D eigenvalue weighted by Crippen LogP contribution is 2.29. The number of pyridine rings is 2. The largest absolute Gasteiger partial charge is 0.505 e. The normalized spacial score (nSPS) is 23.5. The van der Waals surface area contributed by atoms with Crippen LogP contribution in [0.2, 0.25) is 0 Å². The number of benzene rings is 2. The summed E-state index contributed by atoms with van der Waals surface area (Å²) in [6, 6.07) is -1.05. The molecule has 36 heteroatoms. The molecule has 0 bridgehead atoms. The van der Waals surface area contributed by atoms with Crippen molar-refractivity contribution in [2.45, 2.75) is 100 Å². The van der Waals surface area contributed by atoms with Crippen LogP contribution in [0.5, 0.6) is 23.0 Å². The molecular weight excluding hydrogens is 1270 g/mol. The van der Waals surface area contributed by atoms with Crippen LogP contribution in [0.3, 0.4) is 0 Å². The monoisotopic (exact) mass is 1340 g/mol. The fraction of sp³-hybridized carbons (Fsp3) is 0.467. The lowest BCUT2D eigenvalue weighted by Crippen LogP contribution is -2.61. The number of fused-ring (bicyclic) bond motifs is 4. The van der Waals surface area contributed by atoms with Gasteiger partial charge >= 0.3 is 11.9 Å². The first kappa shape index (κ1) is 72.7. The number of hydrazone groups is 2. The number of likely N-dealkylation sites (N-methyl/N-ethyl adjacent to an activating group) is 4. The zero-order chi connectivity index (χ0) is 71.0. The number of methoxy groups -OCH3 is 2. The first-order valence-electron chi connectivity index (χ1n) is 29.4. The third kappa shape index (κ3) is 16.8. The van der Waals surface area contributed by atoms with E-state index in [4.69, 9.17) is 18.9 Å². The van der Waals surface area contributed by atoms with Crippen molar-refractivity contribution in [1.82, 2.24) is 60.9 Å². The first-order valence-corrected chi connectivity index (χ1v) is 29.4. The quantitative estimate of drug-likeness (QED) is 0.0743. The highest BCUT2D eigenvalue weighted by atomic mass is 16.5. The minimum atomic E-state index is -2.21. The summed E-state index contributed by atoms with van der Waals surface area (Å²) in [7, 11) is 7.06. The molecule has 3 aliphatic rings. The Morgan fingerprint density at radius 2 is 0.917 bits per heavy atom. The summed E-state index contributed by atoms with van der Waals surface area (Å²) < 4.78 is 21.5. The number of aromatic nitrogens is 2. The van der Waals surface area contributed by atoms with Gasteiger partial charge in [-0.1, -0.05) is 0 Å². The first-order chi connectivity index (χ1) is 45.1. The number of ether oxygens (including phenoxy) is 4. The van der Waals surface area contributed by atoms with E-state index in [0.717, 1.165) is 90.2 Å². The van der Waals surface area contributed by atoms with Crippen LogP contribution in [0.25, 0.3) is 21.8 Å². The van der Waals surface area contributed by atoms with E-state index in [9.17, 15) is 88.2 Å². The van der Waals surface area contributed by atoms with Gasteiger partial charge in [0.2, 0.25) is 35.4 Å². The molecule has 2 aromatic heterocycles. The Kier molecular flexibility index (Phi) is 22.8. The molecule has 7 rings (SSSR count). The number of aliphatic hydroxyl groups is 4. The Hall–Kier alpha value is -10.7. The number of carbonyl (C=O) groups is 12. The molecule has 4 aromatic rings. The van der Waals surface area contributed by atoms with Crippen molar-refractivity contribution >= 4 is 105 Å². The summed E-state index contributed by atoms with van der Waals surface area (Å²) in [5.74, 6) is -15.5. The van der Waals surface area contributed by atoms with Crippen molar-refractivity contribution in [2.75, 3.05) is 81.8 Å². The molecule has 5 heterocycles. The van der Waals surface area contributed by atoms with E-state index in [2.05, 4.69) is 41.4 Å². The van der Waals surface area contributed by atoms with Crippen molar-refractivity contribution in [3.63, 3.8) is 0 Å². The van der Waals surface area contributed by atoms with E-state index in [1.807, 2.05) is 0 Å². The van der Waals surface area contributed by atoms with Crippen molar-refractivity contribution in [3.8, 4) is 23.0 Å². The van der Waals surface area contributed by atoms with Crippen LogP contribution >= 0.6 is 0 Å². The number of nitrogens with zero attached hydrogens (tertiary/aromatic N) is 10. The summed E-state index contributed by atoms with van der Waals surface area (Å²) in [6.45, 7) is -1.67. The maximum absolute atomic E-state index is 14.8. The lowest BCUT2D eigenvalue weighted by molar-refractivity contribution is -0.166. The van der Waals surface area contributed by atoms with Crippen LogP contribution in [0.15, 0.2) is 58.7 Å². The second-order valence-corrected chi connectivity index (χ2v) is 23.7. The van der Waals surface area contributed by atoms with E-state index in [0.29, 0.717) is 42.1 Å². The molecule has 3 aliphatic heterocycles. The molecule has 10 N–H and O–H groups in total. The SMILES string of the molecule is COc1ccc2nc(C(=O)N[C@H]3COC(=O)[C@@H](C(C)(C)O)N(C)C(=O)CN(C)C(=O)CNC(=O)[C@H]4[C@H](O)CC=NN4C(=O)[C@H](NC(=O)c4nc5ccc(OC)cc5cc4O)COC(=O)[C@@H](C(C)(C)O)N(C)C(=O)CN(C)C(=O)CNC(=O)[C@@H]4[C@@H](O)CC=NN4C3=O)c(O)cc2c1. The number of cyclic esters (lactones) is 2. The standard InChI is InChI=1S/C60H74N14O22/c1-59(2,91)49-57(89)95-27-35(67-51(83)45-39(77)21-29-19-31(93-9)11-13-33(29)65-45)55(87)73-47(37(75)15-17-63-73)53(85)62-24-42(80)70(6)26-44(82)72(8)50(60(3,4)92)58(90)96-28-36(68-52(84)46-40(78)22-30-20-32(94-10)12-14-34(30)66-46)56(88)74-48(38(76)16-18-64-74)54(86)61-23-41(79)69(5)25-43(81)71(49)7/h11-14,17-22,35-38,47-50,75-78,91-92H,15-16,23-28H2,1-10H3,(H,61,86)(H,62,85)(H,67,83)(H,68,84)/t35-,36+,37-,38+,47-,48+,49-,50-/m0/s1. The van der Waals surface area contributed by atoms with E-state index in [1.54, 1.807) is 0 Å². The predicted molar refractivity (Wildman–Crippen MR) is 331 cm³/mol. The number of carbonyl (C=O) groups excluding carboxylic acids is 12. The minimum Gasteiger partial charge on any atom is -0.505 e. The van der Waals surface area contributed by atoms with Crippen molar-refractivity contribution in [2.24, 2.45) is 10.2 Å². The number of amides is 10. The number of hydrogen-bond acceptors (Lipinski definition) is 26. The van der Waals surface area contributed by atoms with Gasteiger partial charge in [-0.2, -0.15) is 10.2 Å². The molecule has 8 atom stereocenters. The second-order valence-electron chi connectivity index (χ2n) is 23.7. The topological polar surface area (TPSA) is 481 Å². The third-order valence-corrected chi connectivity index (χ3v) is 15.5. The van der Waals surface area contributed by atoms with Gasteiger partial charge in [-0.3, -0.25) is 47.9 Å². The zero-order valence-electron chi connectivity index (χ0n) is 53.7. The zero-order valence-corrected chi connectivity index (χ0v) is 53.7. The predicted octanol–water partition coefficient (Wildman–Crippen LogP) is -4.55. The molecule has 0 radical (unpaired) electrons. The van der Waals surface area contributed by atoms with E-state index in [1.165, 1.54) is 50.6 Å². The Morgan fingerprint density at radius 3 is 1.25 bits per heavy atom. The molecule has 1 saturated heterocycles. The Morgan fingerprint density at radius 1 is 0.562 bits per heavy atom. The van der Waals surface area contributed by atoms with Crippen LogP contribution in [-0.2, 0) is 57.4 Å². The number of rotatable bonds is 8. The summed E-state index contributed by atoms with van der Waals surface area (Å²) in [5, 5.41) is 86.0. The average molecular weight is 1340 g/mol. The smallest absolute Gasteiger partial charge is 0.331 e. The molecule has 10 amide bonds. The lowest BCUT2D eigenvalue weighted by Gasteiger charge is -2.37. The maximum atomic E-state index is 14.8. The second kappa shape index (κ2) is 30.1. The van der Waals surface area contributed by atoms with E-state index >= 15 is 0 Å². The molecule has 96 heavy (non-hydrogen) atoms. The Labute approximate surface area is 546 Å². The molecule has 0 saturated carbocycles. The molecule has 36 nitrogen and oxygen atoms in total. The lowest BCUT2D eigenvalue weighted by atomic mass is 9.97.